The number of carbonyl (C=O) groups excluding carboxylic acids is 1. The van der Waals surface area contributed by atoms with Gasteiger partial charge in [0.15, 0.2) is 5.58 Å². The summed E-state index contributed by atoms with van der Waals surface area (Å²) in [5.41, 5.74) is 7.05. The summed E-state index contributed by atoms with van der Waals surface area (Å²) in [4.78, 5) is 17.3. The fourth-order valence-electron chi connectivity index (χ4n) is 4.26. The number of aromatic amines is 1. The van der Waals surface area contributed by atoms with Crippen molar-refractivity contribution in [3.63, 3.8) is 0 Å². The van der Waals surface area contributed by atoms with Crippen molar-refractivity contribution in [2.24, 2.45) is 0 Å². The summed E-state index contributed by atoms with van der Waals surface area (Å²) in [6.45, 7) is 0. The number of hydrogen-bond donors (Lipinski definition) is 3. The standard InChI is InChI=1S/C30H23N5O3/c1-37-24-12-6-11-23(17-24)33-30(36)32-22-10-5-9-21(15-22)28-25(18-31-35-28)29-34-26-16-20(13-14-27(26)38-29)19-7-3-2-4-8-19/h2-18H,1H3,(H,31,35)(H2,32,33,36). The molecule has 0 saturated heterocycles. The second-order valence-corrected chi connectivity index (χ2v) is 8.61. The Balaban J connectivity index is 1.25. The summed E-state index contributed by atoms with van der Waals surface area (Å²) in [6, 6.07) is 30.3. The fourth-order valence-corrected chi connectivity index (χ4v) is 4.26. The zero-order chi connectivity index (χ0) is 25.9. The molecule has 2 aromatic heterocycles. The molecule has 0 fully saturated rings. The molecule has 0 unspecified atom stereocenters. The highest BCUT2D eigenvalue weighted by Crippen LogP contribution is 2.34. The molecule has 2 heterocycles. The maximum Gasteiger partial charge on any atom is 0.323 e. The summed E-state index contributed by atoms with van der Waals surface area (Å²) in [5.74, 6) is 1.12. The summed E-state index contributed by atoms with van der Waals surface area (Å²) >= 11 is 0. The molecule has 6 rings (SSSR count). The average molecular weight is 502 g/mol. The summed E-state index contributed by atoms with van der Waals surface area (Å²) in [6.07, 6.45) is 1.76. The Hall–Kier alpha value is -5.37. The third kappa shape index (κ3) is 4.70. The van der Waals surface area contributed by atoms with Gasteiger partial charge in [0.05, 0.1) is 12.7 Å². The van der Waals surface area contributed by atoms with E-state index in [0.29, 0.717) is 34.3 Å². The number of benzene rings is 4. The molecular weight excluding hydrogens is 478 g/mol. The summed E-state index contributed by atoms with van der Waals surface area (Å²) < 4.78 is 11.3. The van der Waals surface area contributed by atoms with E-state index in [1.54, 1.807) is 25.4 Å². The molecular formula is C30H23N5O3. The number of methoxy groups -OCH3 is 1. The van der Waals surface area contributed by atoms with E-state index < -0.39 is 0 Å². The Morgan fingerprint density at radius 2 is 1.58 bits per heavy atom. The number of anilines is 2. The third-order valence-electron chi connectivity index (χ3n) is 6.09. The minimum absolute atomic E-state index is 0.370. The number of oxazole rings is 1. The minimum atomic E-state index is -0.370. The van der Waals surface area contributed by atoms with Gasteiger partial charge in [-0.2, -0.15) is 5.10 Å². The number of amides is 2. The first-order valence-electron chi connectivity index (χ1n) is 12.0. The van der Waals surface area contributed by atoms with Crippen molar-refractivity contribution in [1.82, 2.24) is 15.2 Å². The molecule has 0 aliphatic heterocycles. The third-order valence-corrected chi connectivity index (χ3v) is 6.09. The Labute approximate surface area is 218 Å². The second kappa shape index (κ2) is 9.94. The van der Waals surface area contributed by atoms with Gasteiger partial charge in [-0.3, -0.25) is 5.10 Å². The number of fused-ring (bicyclic) bond motifs is 1. The molecule has 0 aliphatic carbocycles. The smallest absolute Gasteiger partial charge is 0.323 e. The Morgan fingerprint density at radius 3 is 2.39 bits per heavy atom. The van der Waals surface area contributed by atoms with E-state index in [4.69, 9.17) is 14.1 Å². The first-order chi connectivity index (χ1) is 18.7. The van der Waals surface area contributed by atoms with Crippen LogP contribution in [0.3, 0.4) is 0 Å². The second-order valence-electron chi connectivity index (χ2n) is 8.61. The van der Waals surface area contributed by atoms with Gasteiger partial charge in [0.1, 0.15) is 17.0 Å². The van der Waals surface area contributed by atoms with Gasteiger partial charge in [0.25, 0.3) is 0 Å². The highest BCUT2D eigenvalue weighted by molar-refractivity contribution is 6.00. The number of rotatable bonds is 6. The monoisotopic (exact) mass is 501 g/mol. The molecule has 0 aliphatic rings. The molecule has 0 bridgehead atoms. The van der Waals surface area contributed by atoms with Crippen molar-refractivity contribution < 1.29 is 13.9 Å². The summed E-state index contributed by atoms with van der Waals surface area (Å²) in [5, 5.41) is 13.0. The van der Waals surface area contributed by atoms with Gasteiger partial charge < -0.3 is 19.8 Å². The van der Waals surface area contributed by atoms with Crippen LogP contribution in [0.15, 0.2) is 108 Å². The van der Waals surface area contributed by atoms with Crippen molar-refractivity contribution >= 4 is 28.5 Å². The van der Waals surface area contributed by atoms with Crippen LogP contribution < -0.4 is 15.4 Å². The predicted octanol–water partition coefficient (Wildman–Crippen LogP) is 7.20. The Morgan fingerprint density at radius 1 is 0.816 bits per heavy atom. The van der Waals surface area contributed by atoms with E-state index in [2.05, 4.69) is 33.0 Å². The van der Waals surface area contributed by atoms with Gasteiger partial charge in [-0.1, -0.05) is 54.6 Å². The molecule has 8 heteroatoms. The van der Waals surface area contributed by atoms with Crippen LogP contribution in [0.1, 0.15) is 0 Å². The molecule has 186 valence electrons. The fraction of sp³-hybridized carbons (Fsp3) is 0.0333. The van der Waals surface area contributed by atoms with Gasteiger partial charge in [-0.15, -0.1) is 0 Å². The molecule has 0 radical (unpaired) electrons. The van der Waals surface area contributed by atoms with E-state index in [1.807, 2.05) is 72.8 Å². The predicted molar refractivity (Wildman–Crippen MR) is 148 cm³/mol. The van der Waals surface area contributed by atoms with Crippen molar-refractivity contribution in [1.29, 1.82) is 0 Å². The van der Waals surface area contributed by atoms with E-state index in [0.717, 1.165) is 27.8 Å². The highest BCUT2D eigenvalue weighted by atomic mass is 16.5. The van der Waals surface area contributed by atoms with E-state index >= 15 is 0 Å². The lowest BCUT2D eigenvalue weighted by Gasteiger charge is -2.10. The van der Waals surface area contributed by atoms with Crippen LogP contribution in [-0.2, 0) is 0 Å². The Kier molecular flexibility index (Phi) is 6.03. The number of ether oxygens (including phenoxy) is 1. The number of H-pyrrole nitrogens is 1. The first kappa shape index (κ1) is 23.1. The molecule has 4 aromatic carbocycles. The van der Waals surface area contributed by atoms with Gasteiger partial charge >= 0.3 is 6.03 Å². The molecule has 0 spiro atoms. The molecule has 3 N–H and O–H groups in total. The average Bonchev–Trinajstić information content (AvgIpc) is 3.60. The van der Waals surface area contributed by atoms with Crippen molar-refractivity contribution in [3.8, 4) is 39.6 Å². The van der Waals surface area contributed by atoms with Crippen LogP contribution in [0.4, 0.5) is 16.2 Å². The maximum absolute atomic E-state index is 12.6. The molecule has 8 nitrogen and oxygen atoms in total. The molecule has 0 saturated carbocycles. The lowest BCUT2D eigenvalue weighted by molar-refractivity contribution is 0.262. The number of urea groups is 1. The van der Waals surface area contributed by atoms with Crippen LogP contribution >= 0.6 is 0 Å². The number of nitrogens with zero attached hydrogens (tertiary/aromatic N) is 2. The lowest BCUT2D eigenvalue weighted by Crippen LogP contribution is -2.19. The zero-order valence-electron chi connectivity index (χ0n) is 20.4. The number of aromatic nitrogens is 3. The highest BCUT2D eigenvalue weighted by Gasteiger charge is 2.17. The van der Waals surface area contributed by atoms with Gasteiger partial charge in [0, 0.05) is 29.2 Å². The van der Waals surface area contributed by atoms with Gasteiger partial charge in [0.2, 0.25) is 5.89 Å². The SMILES string of the molecule is COc1cccc(NC(=O)Nc2cccc(-c3n[nH]cc3-c3nc4cc(-c5ccccc5)ccc4o3)c2)c1. The van der Waals surface area contributed by atoms with Gasteiger partial charge in [-0.05, 0) is 47.5 Å². The largest absolute Gasteiger partial charge is 0.497 e. The van der Waals surface area contributed by atoms with Crippen LogP contribution in [0.25, 0.3) is 44.9 Å². The van der Waals surface area contributed by atoms with Crippen molar-refractivity contribution in [3.05, 3.63) is 103 Å². The molecule has 0 atom stereocenters. The molecule has 6 aromatic rings. The molecule has 38 heavy (non-hydrogen) atoms. The normalized spacial score (nSPS) is 10.9. The van der Waals surface area contributed by atoms with Crippen molar-refractivity contribution in [2.45, 2.75) is 0 Å². The number of carbonyl (C=O) groups is 1. The number of hydrogen-bond acceptors (Lipinski definition) is 5. The van der Waals surface area contributed by atoms with E-state index in [9.17, 15) is 4.79 Å². The minimum Gasteiger partial charge on any atom is -0.497 e. The topological polar surface area (TPSA) is 105 Å². The zero-order valence-corrected chi connectivity index (χ0v) is 20.4. The quantitative estimate of drug-likeness (QED) is 0.224. The van der Waals surface area contributed by atoms with Crippen LogP contribution in [0.5, 0.6) is 5.75 Å². The van der Waals surface area contributed by atoms with E-state index in [-0.39, 0.29) is 6.03 Å². The first-order valence-corrected chi connectivity index (χ1v) is 12.0. The van der Waals surface area contributed by atoms with Gasteiger partial charge in [-0.25, -0.2) is 9.78 Å². The Bertz CT molecular complexity index is 1740. The number of nitrogens with one attached hydrogen (secondary N) is 3. The lowest BCUT2D eigenvalue weighted by atomic mass is 10.1. The van der Waals surface area contributed by atoms with Crippen molar-refractivity contribution in [2.75, 3.05) is 17.7 Å². The molecule has 2 amide bonds. The maximum atomic E-state index is 12.6. The van der Waals surface area contributed by atoms with Crippen LogP contribution in [0, 0.1) is 0 Å². The summed E-state index contributed by atoms with van der Waals surface area (Å²) in [7, 11) is 1.58. The van der Waals surface area contributed by atoms with E-state index in [1.165, 1.54) is 0 Å². The van der Waals surface area contributed by atoms with Crippen LogP contribution in [-0.4, -0.2) is 28.3 Å². The van der Waals surface area contributed by atoms with Crippen LogP contribution in [0.2, 0.25) is 0 Å².